The highest BCUT2D eigenvalue weighted by molar-refractivity contribution is 5.50. The molecule has 0 aliphatic carbocycles. The molecular weight excluding hydrogens is 168 g/mol. The van der Waals surface area contributed by atoms with Gasteiger partial charge in [0.05, 0.1) is 12.8 Å². The lowest BCUT2D eigenvalue weighted by Gasteiger charge is -1.98. The van der Waals surface area contributed by atoms with E-state index in [-0.39, 0.29) is 0 Å². The van der Waals surface area contributed by atoms with Gasteiger partial charge in [0.1, 0.15) is 5.82 Å². The summed E-state index contributed by atoms with van der Waals surface area (Å²) in [5, 5.41) is 4.09. The van der Waals surface area contributed by atoms with Gasteiger partial charge in [0, 0.05) is 18.9 Å². The van der Waals surface area contributed by atoms with E-state index in [4.69, 9.17) is 10.5 Å². The van der Waals surface area contributed by atoms with Gasteiger partial charge in [-0.25, -0.2) is 4.98 Å². The Morgan fingerprint density at radius 1 is 1.62 bits per heavy atom. The van der Waals surface area contributed by atoms with Crippen molar-refractivity contribution in [3.63, 3.8) is 0 Å². The minimum atomic E-state index is 0.500. The molecule has 0 aliphatic heterocycles. The molecule has 0 aromatic carbocycles. The van der Waals surface area contributed by atoms with Gasteiger partial charge < -0.3 is 10.5 Å². The number of hydrogen-bond acceptors (Lipinski definition) is 4. The molecule has 2 aromatic rings. The minimum Gasteiger partial charge on any atom is -0.384 e. The SMILES string of the molecule is COCc1cnn2c(N)ccnc12. The molecule has 2 rings (SSSR count). The van der Waals surface area contributed by atoms with Crippen molar-refractivity contribution < 1.29 is 4.74 Å². The lowest BCUT2D eigenvalue weighted by Crippen LogP contribution is -1.99. The first-order valence-corrected chi connectivity index (χ1v) is 3.89. The highest BCUT2D eigenvalue weighted by atomic mass is 16.5. The van der Waals surface area contributed by atoms with E-state index in [1.807, 2.05) is 0 Å². The number of hydrogen-bond donors (Lipinski definition) is 1. The van der Waals surface area contributed by atoms with E-state index in [9.17, 15) is 0 Å². The Morgan fingerprint density at radius 2 is 2.46 bits per heavy atom. The van der Waals surface area contributed by atoms with Crippen molar-refractivity contribution in [2.45, 2.75) is 6.61 Å². The third-order valence-corrected chi connectivity index (χ3v) is 1.80. The first-order chi connectivity index (χ1) is 6.33. The Balaban J connectivity index is 2.61. The molecule has 0 saturated carbocycles. The zero-order valence-electron chi connectivity index (χ0n) is 7.27. The van der Waals surface area contributed by atoms with Crippen molar-refractivity contribution in [1.82, 2.24) is 14.6 Å². The molecule has 2 aromatic heterocycles. The molecular formula is C8H10N4O. The van der Waals surface area contributed by atoms with Gasteiger partial charge in [-0.05, 0) is 6.07 Å². The van der Waals surface area contributed by atoms with Crippen LogP contribution in [-0.4, -0.2) is 21.7 Å². The Hall–Kier alpha value is -1.62. The van der Waals surface area contributed by atoms with Crippen LogP contribution in [0, 0.1) is 0 Å². The Bertz CT molecular complexity index is 423. The van der Waals surface area contributed by atoms with Gasteiger partial charge in [0.25, 0.3) is 0 Å². The fourth-order valence-electron chi connectivity index (χ4n) is 1.21. The van der Waals surface area contributed by atoms with Crippen LogP contribution in [0.15, 0.2) is 18.5 Å². The van der Waals surface area contributed by atoms with Crippen LogP contribution < -0.4 is 5.73 Å². The van der Waals surface area contributed by atoms with Gasteiger partial charge in [-0.1, -0.05) is 0 Å². The van der Waals surface area contributed by atoms with E-state index in [0.29, 0.717) is 12.4 Å². The molecule has 0 amide bonds. The second-order valence-electron chi connectivity index (χ2n) is 2.71. The molecule has 0 bridgehead atoms. The molecule has 2 N–H and O–H groups in total. The summed E-state index contributed by atoms with van der Waals surface area (Å²) in [6, 6.07) is 1.70. The Labute approximate surface area is 75.1 Å². The standard InChI is InChI=1S/C8H10N4O/c1-13-5-6-4-11-12-7(9)2-3-10-8(6)12/h2-4H,5,9H2,1H3. The van der Waals surface area contributed by atoms with Crippen molar-refractivity contribution in [2.24, 2.45) is 0 Å². The monoisotopic (exact) mass is 178 g/mol. The molecule has 0 atom stereocenters. The van der Waals surface area contributed by atoms with Crippen molar-refractivity contribution in [3.8, 4) is 0 Å². The zero-order chi connectivity index (χ0) is 9.26. The minimum absolute atomic E-state index is 0.500. The first kappa shape index (κ1) is 8.00. The second kappa shape index (κ2) is 3.02. The summed E-state index contributed by atoms with van der Waals surface area (Å²) in [5.74, 6) is 0.576. The number of nitrogens with zero attached hydrogens (tertiary/aromatic N) is 3. The summed E-state index contributed by atoms with van der Waals surface area (Å²) >= 11 is 0. The predicted octanol–water partition coefficient (Wildman–Crippen LogP) is 0.458. The Kier molecular flexibility index (Phi) is 1.86. The van der Waals surface area contributed by atoms with E-state index in [1.54, 1.807) is 30.1 Å². The number of rotatable bonds is 2. The molecule has 5 heteroatoms. The number of anilines is 1. The maximum atomic E-state index is 5.69. The molecule has 0 saturated heterocycles. The number of methoxy groups -OCH3 is 1. The quantitative estimate of drug-likeness (QED) is 0.725. The van der Waals surface area contributed by atoms with Crippen LogP contribution in [0.1, 0.15) is 5.56 Å². The van der Waals surface area contributed by atoms with Crippen LogP contribution >= 0.6 is 0 Å². The molecule has 0 radical (unpaired) electrons. The number of nitrogens with two attached hydrogens (primary N) is 1. The number of ether oxygens (including phenoxy) is 1. The average molecular weight is 178 g/mol. The van der Waals surface area contributed by atoms with Crippen molar-refractivity contribution >= 4 is 11.5 Å². The van der Waals surface area contributed by atoms with Crippen molar-refractivity contribution in [2.75, 3.05) is 12.8 Å². The maximum Gasteiger partial charge on any atom is 0.162 e. The van der Waals surface area contributed by atoms with Gasteiger partial charge in [-0.3, -0.25) is 0 Å². The highest BCUT2D eigenvalue weighted by Crippen LogP contribution is 2.11. The predicted molar refractivity (Wildman–Crippen MR) is 48.1 cm³/mol. The average Bonchev–Trinajstić information content (AvgIpc) is 2.51. The molecule has 5 nitrogen and oxygen atoms in total. The molecule has 0 fully saturated rings. The molecule has 2 heterocycles. The van der Waals surface area contributed by atoms with Crippen molar-refractivity contribution in [1.29, 1.82) is 0 Å². The first-order valence-electron chi connectivity index (χ1n) is 3.89. The topological polar surface area (TPSA) is 65.4 Å². The smallest absolute Gasteiger partial charge is 0.162 e. The van der Waals surface area contributed by atoms with Crippen LogP contribution in [0.5, 0.6) is 0 Å². The fraction of sp³-hybridized carbons (Fsp3) is 0.250. The van der Waals surface area contributed by atoms with E-state index in [1.165, 1.54) is 0 Å². The van der Waals surface area contributed by atoms with Crippen molar-refractivity contribution in [3.05, 3.63) is 24.0 Å². The Morgan fingerprint density at radius 3 is 3.23 bits per heavy atom. The van der Waals surface area contributed by atoms with Crippen LogP contribution in [-0.2, 0) is 11.3 Å². The molecule has 0 aliphatic rings. The lowest BCUT2D eigenvalue weighted by molar-refractivity contribution is 0.186. The third-order valence-electron chi connectivity index (χ3n) is 1.80. The summed E-state index contributed by atoms with van der Waals surface area (Å²) in [5.41, 5.74) is 7.38. The molecule has 13 heavy (non-hydrogen) atoms. The number of fused-ring (bicyclic) bond motifs is 1. The fourth-order valence-corrected chi connectivity index (χ4v) is 1.21. The van der Waals surface area contributed by atoms with Crippen LogP contribution in [0.25, 0.3) is 5.65 Å². The summed E-state index contributed by atoms with van der Waals surface area (Å²) in [7, 11) is 1.63. The van der Waals surface area contributed by atoms with Gasteiger partial charge in [0.2, 0.25) is 0 Å². The van der Waals surface area contributed by atoms with Crippen LogP contribution in [0.3, 0.4) is 0 Å². The molecule has 0 unspecified atom stereocenters. The lowest BCUT2D eigenvalue weighted by atomic mass is 10.3. The zero-order valence-corrected chi connectivity index (χ0v) is 7.27. The molecule has 68 valence electrons. The van der Waals surface area contributed by atoms with Gasteiger partial charge >= 0.3 is 0 Å². The maximum absolute atomic E-state index is 5.69. The highest BCUT2D eigenvalue weighted by Gasteiger charge is 2.05. The largest absolute Gasteiger partial charge is 0.384 e. The van der Waals surface area contributed by atoms with Crippen LogP contribution in [0.2, 0.25) is 0 Å². The number of aromatic nitrogens is 3. The van der Waals surface area contributed by atoms with E-state index < -0.39 is 0 Å². The summed E-state index contributed by atoms with van der Waals surface area (Å²) in [6.07, 6.45) is 3.37. The normalized spacial score (nSPS) is 10.8. The van der Waals surface area contributed by atoms with Gasteiger partial charge in [0.15, 0.2) is 5.65 Å². The number of nitrogen functional groups attached to an aromatic ring is 1. The summed E-state index contributed by atoms with van der Waals surface area (Å²) in [4.78, 5) is 4.16. The summed E-state index contributed by atoms with van der Waals surface area (Å²) in [6.45, 7) is 0.500. The summed E-state index contributed by atoms with van der Waals surface area (Å²) < 4.78 is 6.59. The van der Waals surface area contributed by atoms with Crippen LogP contribution in [0.4, 0.5) is 5.82 Å². The third kappa shape index (κ3) is 1.23. The second-order valence-corrected chi connectivity index (χ2v) is 2.71. The van der Waals surface area contributed by atoms with Gasteiger partial charge in [-0.15, -0.1) is 0 Å². The molecule has 0 spiro atoms. The van der Waals surface area contributed by atoms with Gasteiger partial charge in [-0.2, -0.15) is 9.61 Å². The van der Waals surface area contributed by atoms with E-state index in [0.717, 1.165) is 11.2 Å². The van der Waals surface area contributed by atoms with E-state index in [2.05, 4.69) is 10.1 Å². The van der Waals surface area contributed by atoms with E-state index >= 15 is 0 Å².